The molecule has 1 fully saturated rings. The molecule has 1 aliphatic rings. The standard InChI is InChI=1S/C14H18N2O3/c1-10-4-2-3-5-13(10)15-9-11-8-12(16(18)19)6-7-14(11)17/h6-10,13,17H,2-5H2,1H3/p-1/t10-,13+/m1/s1. The molecule has 1 aromatic rings. The number of nitro groups is 1. The van der Waals surface area contributed by atoms with Gasteiger partial charge in [0.15, 0.2) is 0 Å². The minimum absolute atomic E-state index is 0.0715. The second-order valence-corrected chi connectivity index (χ2v) is 5.09. The van der Waals surface area contributed by atoms with Gasteiger partial charge in [-0.3, -0.25) is 15.1 Å². The summed E-state index contributed by atoms with van der Waals surface area (Å²) in [5, 5.41) is 22.3. The van der Waals surface area contributed by atoms with Crippen LogP contribution in [0.15, 0.2) is 23.2 Å². The van der Waals surface area contributed by atoms with Crippen LogP contribution in [0.1, 0.15) is 38.2 Å². The van der Waals surface area contributed by atoms with Gasteiger partial charge < -0.3 is 5.11 Å². The molecule has 0 saturated heterocycles. The summed E-state index contributed by atoms with van der Waals surface area (Å²) in [4.78, 5) is 14.6. The fraction of sp³-hybridized carbons (Fsp3) is 0.500. The Morgan fingerprint density at radius 2 is 2.11 bits per heavy atom. The third-order valence-electron chi connectivity index (χ3n) is 3.68. The number of aliphatic imine (C=N–C) groups is 1. The van der Waals surface area contributed by atoms with Gasteiger partial charge in [-0.15, -0.1) is 0 Å². The summed E-state index contributed by atoms with van der Waals surface area (Å²) in [6.07, 6.45) is 6.08. The molecule has 19 heavy (non-hydrogen) atoms. The molecule has 1 aliphatic carbocycles. The zero-order valence-electron chi connectivity index (χ0n) is 10.9. The van der Waals surface area contributed by atoms with E-state index >= 15 is 0 Å². The van der Waals surface area contributed by atoms with Gasteiger partial charge in [-0.1, -0.05) is 31.6 Å². The summed E-state index contributed by atoms with van der Waals surface area (Å²) in [6.45, 7) is 2.16. The first-order valence-corrected chi connectivity index (χ1v) is 6.56. The second kappa shape index (κ2) is 5.82. The van der Waals surface area contributed by atoms with Gasteiger partial charge in [0.2, 0.25) is 0 Å². The Hall–Kier alpha value is -1.91. The maximum absolute atomic E-state index is 11.6. The first-order chi connectivity index (χ1) is 9.08. The molecule has 0 unspecified atom stereocenters. The van der Waals surface area contributed by atoms with Crippen LogP contribution in [0.3, 0.4) is 0 Å². The van der Waals surface area contributed by atoms with Crippen molar-refractivity contribution in [3.05, 3.63) is 33.9 Å². The molecule has 0 amide bonds. The van der Waals surface area contributed by atoms with Gasteiger partial charge >= 0.3 is 0 Å². The highest BCUT2D eigenvalue weighted by molar-refractivity contribution is 5.84. The van der Waals surface area contributed by atoms with Crippen molar-refractivity contribution in [2.24, 2.45) is 10.9 Å². The molecule has 0 N–H and O–H groups in total. The van der Waals surface area contributed by atoms with Crippen molar-refractivity contribution >= 4 is 11.9 Å². The average molecular weight is 261 g/mol. The molecule has 0 heterocycles. The highest BCUT2D eigenvalue weighted by atomic mass is 16.6. The summed E-state index contributed by atoms with van der Waals surface area (Å²) in [6, 6.07) is 3.97. The Morgan fingerprint density at radius 3 is 2.79 bits per heavy atom. The molecular formula is C14H17N2O3-. The Balaban J connectivity index is 2.17. The lowest BCUT2D eigenvalue weighted by Gasteiger charge is -2.25. The van der Waals surface area contributed by atoms with Gasteiger partial charge in [0.1, 0.15) is 0 Å². The van der Waals surface area contributed by atoms with Crippen molar-refractivity contribution in [3.63, 3.8) is 0 Å². The fourth-order valence-electron chi connectivity index (χ4n) is 2.44. The third kappa shape index (κ3) is 3.30. The van der Waals surface area contributed by atoms with Gasteiger partial charge in [-0.2, -0.15) is 0 Å². The van der Waals surface area contributed by atoms with Gasteiger partial charge in [0.05, 0.1) is 11.0 Å². The zero-order valence-corrected chi connectivity index (χ0v) is 10.9. The van der Waals surface area contributed by atoms with E-state index in [-0.39, 0.29) is 17.5 Å². The van der Waals surface area contributed by atoms with Crippen molar-refractivity contribution in [3.8, 4) is 5.75 Å². The van der Waals surface area contributed by atoms with E-state index in [9.17, 15) is 15.2 Å². The van der Waals surface area contributed by atoms with Crippen LogP contribution in [0.2, 0.25) is 0 Å². The summed E-state index contributed by atoms with van der Waals surface area (Å²) in [5.41, 5.74) is 0.227. The van der Waals surface area contributed by atoms with E-state index in [1.54, 1.807) is 0 Å². The molecule has 1 aromatic carbocycles. The summed E-state index contributed by atoms with van der Waals surface area (Å²) < 4.78 is 0. The number of benzene rings is 1. The normalized spacial score (nSPS) is 23.6. The van der Waals surface area contributed by atoms with Crippen LogP contribution in [0.25, 0.3) is 0 Å². The molecule has 0 radical (unpaired) electrons. The van der Waals surface area contributed by atoms with Crippen LogP contribution in [0, 0.1) is 16.0 Å². The quantitative estimate of drug-likeness (QED) is 0.476. The molecule has 0 aromatic heterocycles. The SMILES string of the molecule is C[C@@H]1CCCC[C@@H]1N=Cc1cc([N+](=O)[O-])ccc1[O-]. The number of hydrogen-bond donors (Lipinski definition) is 0. The molecule has 102 valence electrons. The number of rotatable bonds is 3. The van der Waals surface area contributed by atoms with Crippen LogP contribution >= 0.6 is 0 Å². The minimum Gasteiger partial charge on any atom is -0.872 e. The van der Waals surface area contributed by atoms with E-state index in [0.717, 1.165) is 19.3 Å². The molecule has 0 aliphatic heterocycles. The fourth-order valence-corrected chi connectivity index (χ4v) is 2.44. The number of nitrogens with zero attached hydrogens (tertiary/aromatic N) is 2. The maximum Gasteiger partial charge on any atom is 0.270 e. The van der Waals surface area contributed by atoms with Crippen LogP contribution in [-0.2, 0) is 0 Å². The summed E-state index contributed by atoms with van der Waals surface area (Å²) in [7, 11) is 0. The predicted molar refractivity (Wildman–Crippen MR) is 71.6 cm³/mol. The van der Waals surface area contributed by atoms with Gasteiger partial charge in [0, 0.05) is 18.3 Å². The highest BCUT2D eigenvalue weighted by Crippen LogP contribution is 2.27. The van der Waals surface area contributed by atoms with Crippen molar-refractivity contribution in [1.82, 2.24) is 0 Å². The van der Waals surface area contributed by atoms with E-state index < -0.39 is 4.92 Å². The molecule has 2 rings (SSSR count). The molecular weight excluding hydrogens is 244 g/mol. The monoisotopic (exact) mass is 261 g/mol. The van der Waals surface area contributed by atoms with Gasteiger partial charge in [-0.25, -0.2) is 0 Å². The maximum atomic E-state index is 11.6. The van der Waals surface area contributed by atoms with Gasteiger partial charge in [0.25, 0.3) is 5.69 Å². The molecule has 5 heteroatoms. The topological polar surface area (TPSA) is 78.6 Å². The summed E-state index contributed by atoms with van der Waals surface area (Å²) in [5.74, 6) is 0.289. The lowest BCUT2D eigenvalue weighted by molar-refractivity contribution is -0.385. The number of nitro benzene ring substituents is 1. The smallest absolute Gasteiger partial charge is 0.270 e. The van der Waals surface area contributed by atoms with Crippen LogP contribution in [0.4, 0.5) is 5.69 Å². The van der Waals surface area contributed by atoms with Crippen molar-refractivity contribution in [2.45, 2.75) is 38.6 Å². The number of non-ortho nitro benzene ring substituents is 1. The molecule has 2 atom stereocenters. The van der Waals surface area contributed by atoms with Crippen LogP contribution < -0.4 is 5.11 Å². The van der Waals surface area contributed by atoms with E-state index in [2.05, 4.69) is 11.9 Å². The Bertz CT molecular complexity index is 499. The highest BCUT2D eigenvalue weighted by Gasteiger charge is 2.19. The van der Waals surface area contributed by atoms with E-state index in [1.165, 1.54) is 30.8 Å². The van der Waals surface area contributed by atoms with Crippen molar-refractivity contribution in [1.29, 1.82) is 0 Å². The predicted octanol–water partition coefficient (Wildman–Crippen LogP) is 2.67. The van der Waals surface area contributed by atoms with Crippen LogP contribution in [0.5, 0.6) is 5.75 Å². The number of hydrogen-bond acceptors (Lipinski definition) is 4. The Kier molecular flexibility index (Phi) is 4.14. The third-order valence-corrected chi connectivity index (χ3v) is 3.68. The van der Waals surface area contributed by atoms with E-state index in [4.69, 9.17) is 0 Å². The van der Waals surface area contributed by atoms with Crippen molar-refractivity contribution in [2.75, 3.05) is 0 Å². The van der Waals surface area contributed by atoms with Gasteiger partial charge in [-0.05, 0) is 24.3 Å². The van der Waals surface area contributed by atoms with Crippen molar-refractivity contribution < 1.29 is 10.0 Å². The zero-order chi connectivity index (χ0) is 13.8. The lowest BCUT2D eigenvalue weighted by atomic mass is 9.86. The van der Waals surface area contributed by atoms with E-state index in [1.807, 2.05) is 0 Å². The first-order valence-electron chi connectivity index (χ1n) is 6.56. The lowest BCUT2D eigenvalue weighted by Crippen LogP contribution is -2.20. The average Bonchev–Trinajstić information content (AvgIpc) is 2.39. The van der Waals surface area contributed by atoms with Crippen LogP contribution in [-0.4, -0.2) is 17.2 Å². The Morgan fingerprint density at radius 1 is 1.37 bits per heavy atom. The summed E-state index contributed by atoms with van der Waals surface area (Å²) >= 11 is 0. The molecule has 1 saturated carbocycles. The first kappa shape index (κ1) is 13.5. The van der Waals surface area contributed by atoms with E-state index in [0.29, 0.717) is 11.5 Å². The molecule has 5 nitrogen and oxygen atoms in total. The Labute approximate surface area is 112 Å². The molecule has 0 bridgehead atoms. The second-order valence-electron chi connectivity index (χ2n) is 5.09. The minimum atomic E-state index is -0.500. The molecule has 0 spiro atoms. The largest absolute Gasteiger partial charge is 0.872 e.